The van der Waals surface area contributed by atoms with Crippen LogP contribution in [0.15, 0.2) is 60.3 Å². The number of aromatic nitrogens is 1. The monoisotopic (exact) mass is 245 g/mol. The molecule has 1 heterocycles. The average molecular weight is 245 g/mol. The molecule has 0 saturated carbocycles. The Kier molecular flexibility index (Phi) is 3.59. The Labute approximate surface area is 105 Å². The predicted molar refractivity (Wildman–Crippen MR) is 74.8 cm³/mol. The lowest BCUT2D eigenvalue weighted by atomic mass is 10.2. The third kappa shape index (κ3) is 2.62. The van der Waals surface area contributed by atoms with Gasteiger partial charge < -0.3 is 4.57 Å². The third-order valence-electron chi connectivity index (χ3n) is 2.14. The van der Waals surface area contributed by atoms with E-state index in [0.29, 0.717) is 0 Å². The fourth-order valence-electron chi connectivity index (χ4n) is 1.28. The summed E-state index contributed by atoms with van der Waals surface area (Å²) in [6.07, 6.45) is 5.74. The van der Waals surface area contributed by atoms with Crippen LogP contribution in [-0.4, -0.2) is 8.89 Å². The molecule has 1 aromatic carbocycles. The minimum Gasteiger partial charge on any atom is -0.309 e. The zero-order chi connectivity index (χ0) is 11.4. The van der Waals surface area contributed by atoms with Gasteiger partial charge in [0, 0.05) is 17.3 Å². The van der Waals surface area contributed by atoms with Gasteiger partial charge in [-0.25, -0.2) is 0 Å². The van der Waals surface area contributed by atoms with Crippen LogP contribution in [0.5, 0.6) is 0 Å². The largest absolute Gasteiger partial charge is 0.309 e. The van der Waals surface area contributed by atoms with Gasteiger partial charge in [0.25, 0.3) is 0 Å². The highest BCUT2D eigenvalue weighted by molar-refractivity contribution is 8.23. The molecule has 0 aliphatic heterocycles. The first-order chi connectivity index (χ1) is 7.79. The van der Waals surface area contributed by atoms with Crippen molar-refractivity contribution in [2.75, 3.05) is 0 Å². The topological polar surface area (TPSA) is 4.93 Å². The summed E-state index contributed by atoms with van der Waals surface area (Å²) < 4.78 is 2.76. The molecule has 0 radical (unpaired) electrons. The fourth-order valence-corrected chi connectivity index (χ4v) is 2.39. The van der Waals surface area contributed by atoms with Crippen LogP contribution in [0.25, 0.3) is 6.08 Å². The second kappa shape index (κ2) is 5.14. The van der Waals surface area contributed by atoms with E-state index < -0.39 is 0 Å². The number of hydrogen-bond acceptors (Lipinski definition) is 2. The fraction of sp³-hybridized carbons (Fsp3) is 0. The lowest BCUT2D eigenvalue weighted by molar-refractivity contribution is 1.22. The number of hydrogen-bond donors (Lipinski definition) is 0. The zero-order valence-corrected chi connectivity index (χ0v) is 10.3. The van der Waals surface area contributed by atoms with E-state index in [9.17, 15) is 0 Å². The van der Waals surface area contributed by atoms with Gasteiger partial charge in [-0.05, 0) is 29.8 Å². The van der Waals surface area contributed by atoms with E-state index >= 15 is 0 Å². The van der Waals surface area contributed by atoms with Crippen molar-refractivity contribution < 1.29 is 0 Å². The minimum absolute atomic E-state index is 0.830. The Morgan fingerprint density at radius 1 is 1.19 bits per heavy atom. The molecule has 0 spiro atoms. The highest BCUT2D eigenvalue weighted by Gasteiger charge is 2.01. The lowest BCUT2D eigenvalue weighted by Gasteiger charge is -2.04. The van der Waals surface area contributed by atoms with Gasteiger partial charge in [0.15, 0.2) is 0 Å². The van der Waals surface area contributed by atoms with Crippen LogP contribution in [0.1, 0.15) is 5.56 Å². The van der Waals surface area contributed by atoms with Crippen molar-refractivity contribution in [3.8, 4) is 0 Å². The quantitative estimate of drug-likeness (QED) is 0.581. The first-order valence-corrected chi connectivity index (χ1v) is 6.10. The summed E-state index contributed by atoms with van der Waals surface area (Å²) in [7, 11) is 0. The van der Waals surface area contributed by atoms with E-state index in [2.05, 4.69) is 18.7 Å². The molecule has 0 atom stereocenters. The van der Waals surface area contributed by atoms with Crippen LogP contribution in [-0.2, 0) is 0 Å². The number of benzene rings is 1. The third-order valence-corrected chi connectivity index (χ3v) is 3.49. The summed E-state index contributed by atoms with van der Waals surface area (Å²) in [4.78, 5) is 1.14. The maximum Gasteiger partial charge on any atom is 0.149 e. The first kappa shape index (κ1) is 11.2. The summed E-state index contributed by atoms with van der Waals surface area (Å²) in [5.41, 5.74) is 1.12. The number of thioether (sulfide) groups is 1. The smallest absolute Gasteiger partial charge is 0.149 e. The summed E-state index contributed by atoms with van der Waals surface area (Å²) in [5, 5.41) is 0. The number of nitrogens with zero attached hydrogens (tertiary/aromatic N) is 1. The summed E-state index contributed by atoms with van der Waals surface area (Å²) >= 11 is 6.90. The molecule has 0 amide bonds. The molecule has 1 nitrogen and oxygen atoms in total. The average Bonchev–Trinajstić information content (AvgIpc) is 2.83. The van der Waals surface area contributed by atoms with Crippen LogP contribution in [0.2, 0.25) is 0 Å². The first-order valence-electron chi connectivity index (χ1n) is 4.87. The van der Waals surface area contributed by atoms with Crippen LogP contribution >= 0.6 is 24.0 Å². The molecular weight excluding hydrogens is 234 g/mol. The Morgan fingerprint density at radius 3 is 2.38 bits per heavy atom. The number of thiocarbonyl (C=S) groups is 1. The van der Waals surface area contributed by atoms with E-state index in [-0.39, 0.29) is 0 Å². The van der Waals surface area contributed by atoms with Crippen LogP contribution in [0.4, 0.5) is 0 Å². The summed E-state index contributed by atoms with van der Waals surface area (Å²) in [5.74, 6) is 0. The van der Waals surface area contributed by atoms with E-state index in [4.69, 9.17) is 12.2 Å². The molecular formula is C13H11NS2. The van der Waals surface area contributed by atoms with Gasteiger partial charge in [-0.3, -0.25) is 0 Å². The van der Waals surface area contributed by atoms with Crippen molar-refractivity contribution in [1.29, 1.82) is 0 Å². The second-order valence-corrected chi connectivity index (χ2v) is 4.94. The van der Waals surface area contributed by atoms with E-state index in [1.165, 1.54) is 0 Å². The normalized spacial score (nSPS) is 10.0. The van der Waals surface area contributed by atoms with Crippen LogP contribution in [0, 0.1) is 0 Å². The molecule has 0 N–H and O–H groups in total. The Balaban J connectivity index is 2.09. The van der Waals surface area contributed by atoms with Gasteiger partial charge in [-0.1, -0.05) is 48.8 Å². The summed E-state index contributed by atoms with van der Waals surface area (Å²) in [6.45, 7) is 3.73. The van der Waals surface area contributed by atoms with Crippen molar-refractivity contribution >= 4 is 34.4 Å². The maximum atomic E-state index is 5.32. The molecule has 16 heavy (non-hydrogen) atoms. The molecule has 0 bridgehead atoms. The van der Waals surface area contributed by atoms with Crippen molar-refractivity contribution in [2.45, 2.75) is 4.90 Å². The molecule has 3 heteroatoms. The molecule has 0 aliphatic rings. The molecule has 1 aromatic heterocycles. The predicted octanol–water partition coefficient (Wildman–Crippen LogP) is 4.06. The number of rotatable bonds is 2. The van der Waals surface area contributed by atoms with E-state index in [1.54, 1.807) is 11.8 Å². The van der Waals surface area contributed by atoms with Gasteiger partial charge in [0.1, 0.15) is 4.32 Å². The Hall–Kier alpha value is -1.32. The molecule has 0 fully saturated rings. The zero-order valence-electron chi connectivity index (χ0n) is 8.67. The summed E-state index contributed by atoms with van der Waals surface area (Å²) in [6, 6.07) is 12.1. The minimum atomic E-state index is 0.830. The second-order valence-electron chi connectivity index (χ2n) is 3.23. The molecule has 0 unspecified atom stereocenters. The highest BCUT2D eigenvalue weighted by atomic mass is 32.2. The van der Waals surface area contributed by atoms with Crippen LogP contribution < -0.4 is 0 Å². The Morgan fingerprint density at radius 2 is 1.81 bits per heavy atom. The standard InChI is InChI=1S/C13H11NS2/c1-2-11-5-7-12(8-6-11)16-13(15)14-9-3-4-10-14/h2-10H,1H2. The van der Waals surface area contributed by atoms with Gasteiger partial charge in [0.2, 0.25) is 0 Å². The molecule has 80 valence electrons. The van der Waals surface area contributed by atoms with Crippen LogP contribution in [0.3, 0.4) is 0 Å². The van der Waals surface area contributed by atoms with Crippen molar-refractivity contribution in [2.24, 2.45) is 0 Å². The Bertz CT molecular complexity index is 483. The molecule has 0 aliphatic carbocycles. The molecule has 2 aromatic rings. The van der Waals surface area contributed by atoms with Crippen molar-refractivity contribution in [3.05, 3.63) is 60.9 Å². The van der Waals surface area contributed by atoms with Gasteiger partial charge >= 0.3 is 0 Å². The SMILES string of the molecule is C=Cc1ccc(SC(=S)n2cccc2)cc1. The van der Waals surface area contributed by atoms with Gasteiger partial charge in [0.05, 0.1) is 0 Å². The van der Waals surface area contributed by atoms with Gasteiger partial charge in [-0.2, -0.15) is 0 Å². The highest BCUT2D eigenvalue weighted by Crippen LogP contribution is 2.21. The van der Waals surface area contributed by atoms with Crippen molar-refractivity contribution in [1.82, 2.24) is 4.57 Å². The maximum absolute atomic E-state index is 5.32. The lowest BCUT2D eigenvalue weighted by Crippen LogP contribution is -2.00. The van der Waals surface area contributed by atoms with E-state index in [1.807, 2.05) is 47.3 Å². The van der Waals surface area contributed by atoms with Gasteiger partial charge in [-0.15, -0.1) is 0 Å². The van der Waals surface area contributed by atoms with Crippen molar-refractivity contribution in [3.63, 3.8) is 0 Å². The molecule has 2 rings (SSSR count). The molecule has 0 saturated heterocycles. The van der Waals surface area contributed by atoms with E-state index in [0.717, 1.165) is 14.8 Å².